The monoisotopic (exact) mass is 528 g/mol. The van der Waals surface area contributed by atoms with Crippen molar-refractivity contribution in [1.29, 1.82) is 0 Å². The second-order valence-electron chi connectivity index (χ2n) is 6.47. The summed E-state index contributed by atoms with van der Waals surface area (Å²) in [5.74, 6) is 1.03. The number of hydrogen-bond donors (Lipinski definition) is 0. The molecule has 0 fully saturated rings. The van der Waals surface area contributed by atoms with Crippen LogP contribution in [-0.4, -0.2) is 15.7 Å². The third-order valence-corrected chi connectivity index (χ3v) is 6.10. The Morgan fingerprint density at radius 1 is 0.759 bits per heavy atom. The Hall–Kier alpha value is -1.69. The van der Waals surface area contributed by atoms with Crippen LogP contribution in [0.25, 0.3) is 24.3 Å². The Kier molecular flexibility index (Phi) is 8.71. The van der Waals surface area contributed by atoms with Gasteiger partial charge in [-0.05, 0) is 60.0 Å². The van der Waals surface area contributed by atoms with Gasteiger partial charge in [-0.25, -0.2) is 9.97 Å². The van der Waals surface area contributed by atoms with Crippen LogP contribution >= 0.6 is 43.6 Å². The Labute approximate surface area is 193 Å². The third kappa shape index (κ3) is 7.57. The quantitative estimate of drug-likeness (QED) is 0.167. The molecule has 148 valence electrons. The van der Waals surface area contributed by atoms with Gasteiger partial charge in [-0.3, -0.25) is 0 Å². The predicted molar refractivity (Wildman–Crippen MR) is 134 cm³/mol. The minimum Gasteiger partial charge on any atom is -0.223 e. The Morgan fingerprint density at radius 3 is 1.69 bits per heavy atom. The first-order valence-electron chi connectivity index (χ1n) is 9.51. The minimum atomic E-state index is 0.826. The van der Waals surface area contributed by atoms with E-state index in [-0.39, 0.29) is 0 Å². The average molecular weight is 530 g/mol. The van der Waals surface area contributed by atoms with Gasteiger partial charge in [0, 0.05) is 14.7 Å². The molecule has 0 aliphatic rings. The highest BCUT2D eigenvalue weighted by molar-refractivity contribution is 9.10. The summed E-state index contributed by atoms with van der Waals surface area (Å²) in [5, 5.41) is 0.826. The van der Waals surface area contributed by atoms with E-state index in [1.54, 1.807) is 11.8 Å². The summed E-state index contributed by atoms with van der Waals surface area (Å²) >= 11 is 8.66. The van der Waals surface area contributed by atoms with Crippen molar-refractivity contribution in [3.8, 4) is 0 Å². The van der Waals surface area contributed by atoms with Crippen LogP contribution in [0.3, 0.4) is 0 Å². The SMILES string of the molecule is CCCCSc1nc(/C=C/c2ccc(Br)cc2)cc(/C=C/c2ccc(Br)cc2)n1. The largest absolute Gasteiger partial charge is 0.223 e. The fourth-order valence-corrected chi connectivity index (χ4v) is 4.00. The van der Waals surface area contributed by atoms with Gasteiger partial charge < -0.3 is 0 Å². The molecule has 1 heterocycles. The lowest BCUT2D eigenvalue weighted by atomic mass is 10.2. The molecule has 0 aliphatic heterocycles. The Bertz CT molecular complexity index is 907. The van der Waals surface area contributed by atoms with Crippen LogP contribution in [0.5, 0.6) is 0 Å². The second kappa shape index (κ2) is 11.5. The molecule has 29 heavy (non-hydrogen) atoms. The zero-order valence-electron chi connectivity index (χ0n) is 16.2. The van der Waals surface area contributed by atoms with Gasteiger partial charge in [0.15, 0.2) is 5.16 Å². The molecule has 0 bridgehead atoms. The summed E-state index contributed by atoms with van der Waals surface area (Å²) in [4.78, 5) is 9.44. The van der Waals surface area contributed by atoms with E-state index >= 15 is 0 Å². The molecule has 3 aromatic rings. The Morgan fingerprint density at radius 2 is 1.24 bits per heavy atom. The molecule has 0 N–H and O–H groups in total. The molecule has 0 amide bonds. The van der Waals surface area contributed by atoms with Crippen molar-refractivity contribution in [2.24, 2.45) is 0 Å². The third-order valence-electron chi connectivity index (χ3n) is 4.11. The first-order chi connectivity index (χ1) is 14.1. The molecular formula is C24H22Br2N2S. The van der Waals surface area contributed by atoms with Crippen molar-refractivity contribution in [2.45, 2.75) is 24.9 Å². The summed E-state index contributed by atoms with van der Waals surface area (Å²) in [7, 11) is 0. The van der Waals surface area contributed by atoms with Crippen LogP contribution in [-0.2, 0) is 0 Å². The summed E-state index contributed by atoms with van der Waals surface area (Å²) in [6, 6.07) is 18.5. The zero-order chi connectivity index (χ0) is 20.5. The maximum Gasteiger partial charge on any atom is 0.188 e. The number of benzene rings is 2. The van der Waals surface area contributed by atoms with Crippen molar-refractivity contribution in [2.75, 3.05) is 5.75 Å². The van der Waals surface area contributed by atoms with Gasteiger partial charge in [0.05, 0.1) is 11.4 Å². The van der Waals surface area contributed by atoms with Gasteiger partial charge in [0.1, 0.15) is 0 Å². The number of nitrogens with zero attached hydrogens (tertiary/aromatic N) is 2. The van der Waals surface area contributed by atoms with E-state index in [0.29, 0.717) is 0 Å². The molecule has 0 aliphatic carbocycles. The fourth-order valence-electron chi connectivity index (χ4n) is 2.52. The molecule has 0 saturated carbocycles. The highest BCUT2D eigenvalue weighted by Crippen LogP contribution is 2.20. The minimum absolute atomic E-state index is 0.826. The first kappa shape index (κ1) is 22.0. The molecule has 3 rings (SSSR count). The van der Waals surface area contributed by atoms with E-state index in [9.17, 15) is 0 Å². The lowest BCUT2D eigenvalue weighted by Gasteiger charge is -2.04. The van der Waals surface area contributed by atoms with Gasteiger partial charge in [-0.2, -0.15) is 0 Å². The van der Waals surface area contributed by atoms with Crippen LogP contribution in [0.1, 0.15) is 42.3 Å². The van der Waals surface area contributed by atoms with E-state index in [4.69, 9.17) is 9.97 Å². The number of thioether (sulfide) groups is 1. The van der Waals surface area contributed by atoms with E-state index in [1.807, 2.05) is 42.5 Å². The maximum absolute atomic E-state index is 4.72. The van der Waals surface area contributed by atoms with Crippen LogP contribution in [0.15, 0.2) is 68.7 Å². The lowest BCUT2D eigenvalue weighted by Crippen LogP contribution is -1.94. The molecule has 0 atom stereocenters. The van der Waals surface area contributed by atoms with E-state index < -0.39 is 0 Å². The smallest absolute Gasteiger partial charge is 0.188 e. The zero-order valence-corrected chi connectivity index (χ0v) is 20.2. The molecule has 1 aromatic heterocycles. The predicted octanol–water partition coefficient (Wildman–Crippen LogP) is 8.23. The number of halogens is 2. The molecule has 0 spiro atoms. The molecule has 2 nitrogen and oxygen atoms in total. The second-order valence-corrected chi connectivity index (χ2v) is 9.37. The van der Waals surface area contributed by atoms with Crippen LogP contribution in [0.4, 0.5) is 0 Å². The highest BCUT2D eigenvalue weighted by atomic mass is 79.9. The van der Waals surface area contributed by atoms with Crippen molar-refractivity contribution in [3.05, 3.63) is 86.1 Å². The van der Waals surface area contributed by atoms with Crippen molar-refractivity contribution in [3.63, 3.8) is 0 Å². The normalized spacial score (nSPS) is 11.6. The number of aromatic nitrogens is 2. The van der Waals surface area contributed by atoms with Gasteiger partial charge in [0.25, 0.3) is 0 Å². The van der Waals surface area contributed by atoms with E-state index in [2.05, 4.69) is 75.2 Å². The summed E-state index contributed by atoms with van der Waals surface area (Å²) in [6.07, 6.45) is 10.6. The molecule has 2 aromatic carbocycles. The number of unbranched alkanes of at least 4 members (excludes halogenated alkanes) is 1. The molecule has 0 radical (unpaired) electrons. The maximum atomic E-state index is 4.72. The van der Waals surface area contributed by atoms with Crippen molar-refractivity contribution >= 4 is 67.9 Å². The summed E-state index contributed by atoms with van der Waals surface area (Å²) in [5.41, 5.74) is 4.10. The lowest BCUT2D eigenvalue weighted by molar-refractivity contribution is 0.886. The van der Waals surface area contributed by atoms with Gasteiger partial charge in [-0.1, -0.05) is 93.4 Å². The molecule has 0 saturated heterocycles. The van der Waals surface area contributed by atoms with E-state index in [1.165, 1.54) is 6.42 Å². The van der Waals surface area contributed by atoms with Gasteiger partial charge in [0.2, 0.25) is 0 Å². The van der Waals surface area contributed by atoms with Crippen LogP contribution in [0, 0.1) is 0 Å². The van der Waals surface area contributed by atoms with Crippen molar-refractivity contribution < 1.29 is 0 Å². The van der Waals surface area contributed by atoms with Gasteiger partial charge in [-0.15, -0.1) is 0 Å². The fraction of sp³-hybridized carbons (Fsp3) is 0.167. The van der Waals surface area contributed by atoms with E-state index in [0.717, 1.165) is 48.8 Å². The van der Waals surface area contributed by atoms with Gasteiger partial charge >= 0.3 is 0 Å². The summed E-state index contributed by atoms with van der Waals surface area (Å²) < 4.78 is 2.15. The highest BCUT2D eigenvalue weighted by Gasteiger charge is 2.03. The van der Waals surface area contributed by atoms with Crippen LogP contribution in [0.2, 0.25) is 0 Å². The average Bonchev–Trinajstić information content (AvgIpc) is 2.73. The van der Waals surface area contributed by atoms with Crippen LogP contribution < -0.4 is 0 Å². The topological polar surface area (TPSA) is 25.8 Å². The summed E-state index contributed by atoms with van der Waals surface area (Å²) in [6.45, 7) is 2.20. The van der Waals surface area contributed by atoms with Crippen molar-refractivity contribution in [1.82, 2.24) is 9.97 Å². The molecular weight excluding hydrogens is 508 g/mol. The number of hydrogen-bond acceptors (Lipinski definition) is 3. The molecule has 5 heteroatoms. The molecule has 0 unspecified atom stereocenters. The Balaban J connectivity index is 1.83. The first-order valence-corrected chi connectivity index (χ1v) is 12.1. The standard InChI is InChI=1S/C24H22Br2N2S/c1-2-3-16-29-24-27-22(14-8-18-4-10-20(25)11-5-18)17-23(28-24)15-9-19-6-12-21(26)13-7-19/h4-15,17H,2-3,16H2,1H3/b14-8+,15-9+. The number of rotatable bonds is 8.